The summed E-state index contributed by atoms with van der Waals surface area (Å²) in [5.74, 6) is -0.741. The Bertz CT molecular complexity index is 1340. The van der Waals surface area contributed by atoms with Gasteiger partial charge in [-0.25, -0.2) is 4.79 Å². The summed E-state index contributed by atoms with van der Waals surface area (Å²) < 4.78 is 5.42. The Morgan fingerprint density at radius 1 is 0.907 bits per heavy atom. The largest absolute Gasteiger partial charge is 0.460 e. The zero-order chi connectivity index (χ0) is 31.4. The maximum absolute atomic E-state index is 14.1. The predicted molar refractivity (Wildman–Crippen MR) is 169 cm³/mol. The zero-order valence-corrected chi connectivity index (χ0v) is 26.4. The molecule has 0 bridgehead atoms. The third-order valence-corrected chi connectivity index (χ3v) is 7.84. The van der Waals surface area contributed by atoms with Crippen molar-refractivity contribution in [2.75, 3.05) is 28.2 Å². The SMILES string of the molecule is CC(C)(C)OC(=O)Cc1cccc(NC(=O)N[C@@H]2CN(C3CCCCC3)c3ccccc3N(CC(=O)C(C)(C)C)C2=O)c1. The number of Topliss-reactive ketones (excluding diaryl/α,β-unsaturated/α-hetero) is 1. The molecule has 1 aliphatic heterocycles. The highest BCUT2D eigenvalue weighted by Crippen LogP contribution is 2.37. The lowest BCUT2D eigenvalue weighted by Gasteiger charge is -2.37. The number of esters is 1. The highest BCUT2D eigenvalue weighted by Gasteiger charge is 2.39. The first-order valence-corrected chi connectivity index (χ1v) is 15.3. The van der Waals surface area contributed by atoms with Crippen LogP contribution < -0.4 is 20.4 Å². The van der Waals surface area contributed by atoms with Gasteiger partial charge in [0.05, 0.1) is 24.3 Å². The predicted octanol–water partition coefficient (Wildman–Crippen LogP) is 5.86. The van der Waals surface area contributed by atoms with Crippen LogP contribution in [0.2, 0.25) is 0 Å². The first-order valence-electron chi connectivity index (χ1n) is 15.3. The molecule has 3 amide bonds. The van der Waals surface area contributed by atoms with E-state index in [1.54, 1.807) is 24.3 Å². The van der Waals surface area contributed by atoms with Gasteiger partial charge in [0.25, 0.3) is 5.91 Å². The normalized spacial score (nSPS) is 18.0. The molecule has 0 saturated heterocycles. The zero-order valence-electron chi connectivity index (χ0n) is 26.4. The Kier molecular flexibility index (Phi) is 9.82. The monoisotopic (exact) mass is 590 g/mol. The number of carbonyl (C=O) groups is 4. The second-order valence-electron chi connectivity index (χ2n) is 13.6. The van der Waals surface area contributed by atoms with E-state index in [0.717, 1.165) is 31.4 Å². The number of amides is 3. The molecule has 2 aliphatic rings. The minimum Gasteiger partial charge on any atom is -0.460 e. The number of benzene rings is 2. The van der Waals surface area contributed by atoms with Crippen LogP contribution in [0.1, 0.15) is 79.2 Å². The van der Waals surface area contributed by atoms with Crippen molar-refractivity contribution in [3.05, 3.63) is 54.1 Å². The van der Waals surface area contributed by atoms with E-state index in [4.69, 9.17) is 4.74 Å². The van der Waals surface area contributed by atoms with Gasteiger partial charge < -0.3 is 25.2 Å². The fraction of sp³-hybridized carbons (Fsp3) is 0.529. The average Bonchev–Trinajstić information content (AvgIpc) is 3.03. The Balaban J connectivity index is 1.57. The Morgan fingerprint density at radius 2 is 1.58 bits per heavy atom. The molecule has 2 N–H and O–H groups in total. The van der Waals surface area contributed by atoms with Crippen molar-refractivity contribution in [2.45, 2.75) is 97.8 Å². The first-order chi connectivity index (χ1) is 20.2. The standard InChI is InChI=1S/C34H46N4O5/c1-33(2,3)29(39)22-38-28-18-11-10-17-27(28)37(25-15-8-7-9-16-25)21-26(31(38)41)36-32(42)35-24-14-12-13-23(19-24)20-30(40)43-34(4,5)6/h10-14,17-19,25-26H,7-9,15-16,20-22H2,1-6H3,(H2,35,36,42)/t26-/m1/s1. The molecule has 2 aromatic carbocycles. The van der Waals surface area contributed by atoms with E-state index in [9.17, 15) is 19.2 Å². The van der Waals surface area contributed by atoms with Crippen LogP contribution in [0.5, 0.6) is 0 Å². The molecule has 0 unspecified atom stereocenters. The van der Waals surface area contributed by atoms with Gasteiger partial charge in [-0.3, -0.25) is 14.4 Å². The van der Waals surface area contributed by atoms with Gasteiger partial charge >= 0.3 is 12.0 Å². The number of fused-ring (bicyclic) bond motifs is 1. The van der Waals surface area contributed by atoms with Crippen LogP contribution in [-0.2, 0) is 25.5 Å². The number of nitrogens with zero attached hydrogens (tertiary/aromatic N) is 2. The quantitative estimate of drug-likeness (QED) is 0.391. The lowest BCUT2D eigenvalue weighted by molar-refractivity contribution is -0.153. The van der Waals surface area contributed by atoms with Crippen molar-refractivity contribution in [1.29, 1.82) is 0 Å². The van der Waals surface area contributed by atoms with Crippen molar-refractivity contribution in [2.24, 2.45) is 5.41 Å². The van der Waals surface area contributed by atoms with Crippen LogP contribution in [0.3, 0.4) is 0 Å². The number of ketones is 1. The lowest BCUT2D eigenvalue weighted by Crippen LogP contribution is -2.55. The second-order valence-corrected chi connectivity index (χ2v) is 13.6. The molecule has 1 atom stereocenters. The van der Waals surface area contributed by atoms with Crippen molar-refractivity contribution in [3.8, 4) is 0 Å². The number of hydrogen-bond donors (Lipinski definition) is 2. The number of anilines is 3. The van der Waals surface area contributed by atoms with Gasteiger partial charge in [0.1, 0.15) is 11.6 Å². The molecule has 1 saturated carbocycles. The molecular formula is C34H46N4O5. The van der Waals surface area contributed by atoms with E-state index in [2.05, 4.69) is 15.5 Å². The van der Waals surface area contributed by atoms with Crippen molar-refractivity contribution >= 4 is 40.8 Å². The van der Waals surface area contributed by atoms with Crippen molar-refractivity contribution in [1.82, 2.24) is 5.32 Å². The third kappa shape index (κ3) is 8.58. The molecule has 1 fully saturated rings. The summed E-state index contributed by atoms with van der Waals surface area (Å²) in [4.78, 5) is 56.8. The molecule has 0 aromatic heterocycles. The summed E-state index contributed by atoms with van der Waals surface area (Å²) in [6, 6.07) is 13.5. The number of carbonyl (C=O) groups excluding carboxylic acids is 4. The molecule has 232 valence electrons. The summed E-state index contributed by atoms with van der Waals surface area (Å²) >= 11 is 0. The topological polar surface area (TPSA) is 108 Å². The Labute approximate surface area is 255 Å². The van der Waals surface area contributed by atoms with Crippen molar-refractivity contribution < 1.29 is 23.9 Å². The molecular weight excluding hydrogens is 544 g/mol. The van der Waals surface area contributed by atoms with Crippen LogP contribution in [0.25, 0.3) is 0 Å². The van der Waals surface area contributed by atoms with Gasteiger partial charge in [0.15, 0.2) is 5.78 Å². The summed E-state index contributed by atoms with van der Waals surface area (Å²) in [5.41, 5.74) is 1.57. The molecule has 43 heavy (non-hydrogen) atoms. The molecule has 9 heteroatoms. The molecule has 2 aromatic rings. The van der Waals surface area contributed by atoms with Gasteiger partial charge in [-0.05, 0) is 63.4 Å². The number of nitrogens with one attached hydrogen (secondary N) is 2. The molecule has 0 spiro atoms. The van der Waals surface area contributed by atoms with Gasteiger partial charge in [-0.1, -0.05) is 64.3 Å². The minimum absolute atomic E-state index is 0.0632. The lowest BCUT2D eigenvalue weighted by atomic mass is 9.90. The van der Waals surface area contributed by atoms with E-state index in [0.29, 0.717) is 23.5 Å². The van der Waals surface area contributed by atoms with E-state index in [1.165, 1.54) is 11.3 Å². The summed E-state index contributed by atoms with van der Waals surface area (Å²) in [6.45, 7) is 11.2. The van der Waals surface area contributed by atoms with Crippen LogP contribution >= 0.6 is 0 Å². The van der Waals surface area contributed by atoms with Crippen LogP contribution in [0.4, 0.5) is 21.9 Å². The average molecular weight is 591 g/mol. The number of hydrogen-bond acceptors (Lipinski definition) is 6. The van der Waals surface area contributed by atoms with E-state index in [-0.39, 0.29) is 36.7 Å². The summed E-state index contributed by atoms with van der Waals surface area (Å²) in [5, 5.41) is 5.74. The van der Waals surface area contributed by atoms with Gasteiger partial charge in [-0.2, -0.15) is 0 Å². The molecule has 1 heterocycles. The van der Waals surface area contributed by atoms with E-state index < -0.39 is 23.1 Å². The van der Waals surface area contributed by atoms with Crippen molar-refractivity contribution in [3.63, 3.8) is 0 Å². The molecule has 9 nitrogen and oxygen atoms in total. The highest BCUT2D eigenvalue weighted by atomic mass is 16.6. The Morgan fingerprint density at radius 3 is 2.23 bits per heavy atom. The van der Waals surface area contributed by atoms with E-state index in [1.807, 2.05) is 65.8 Å². The maximum atomic E-state index is 14.1. The van der Waals surface area contributed by atoms with Crippen LogP contribution in [-0.4, -0.2) is 54.5 Å². The number of para-hydroxylation sites is 2. The third-order valence-electron chi connectivity index (χ3n) is 7.84. The fourth-order valence-electron chi connectivity index (χ4n) is 5.63. The van der Waals surface area contributed by atoms with Crippen LogP contribution in [0, 0.1) is 5.41 Å². The molecule has 4 rings (SSSR count). The first kappa shape index (κ1) is 32.0. The van der Waals surface area contributed by atoms with Gasteiger partial charge in [0.2, 0.25) is 0 Å². The molecule has 1 aliphatic carbocycles. The van der Waals surface area contributed by atoms with Gasteiger partial charge in [0, 0.05) is 23.7 Å². The summed E-state index contributed by atoms with van der Waals surface area (Å²) in [7, 11) is 0. The van der Waals surface area contributed by atoms with Gasteiger partial charge in [-0.15, -0.1) is 0 Å². The number of ether oxygens (including phenoxy) is 1. The smallest absolute Gasteiger partial charge is 0.319 e. The molecule has 0 radical (unpaired) electrons. The van der Waals surface area contributed by atoms with E-state index >= 15 is 0 Å². The fourth-order valence-corrected chi connectivity index (χ4v) is 5.63. The maximum Gasteiger partial charge on any atom is 0.319 e. The second kappa shape index (κ2) is 13.2. The number of rotatable bonds is 7. The summed E-state index contributed by atoms with van der Waals surface area (Å²) in [6.07, 6.45) is 5.50. The number of urea groups is 1. The van der Waals surface area contributed by atoms with Crippen LogP contribution in [0.15, 0.2) is 48.5 Å². The Hall–Kier alpha value is -3.88. The minimum atomic E-state index is -0.882. The highest BCUT2D eigenvalue weighted by molar-refractivity contribution is 6.08.